The fourth-order valence-corrected chi connectivity index (χ4v) is 1.17. The van der Waals surface area contributed by atoms with Gasteiger partial charge < -0.3 is 10.3 Å². The van der Waals surface area contributed by atoms with Crippen molar-refractivity contribution in [2.24, 2.45) is 5.73 Å². The molecule has 70 valence electrons. The van der Waals surface area contributed by atoms with Crippen molar-refractivity contribution in [3.05, 3.63) is 48.4 Å². The molecule has 0 radical (unpaired) electrons. The highest BCUT2D eigenvalue weighted by molar-refractivity contribution is 5.92. The van der Waals surface area contributed by atoms with Crippen LogP contribution in [-0.2, 0) is 0 Å². The first-order valence-electron chi connectivity index (χ1n) is 4.16. The third-order valence-electron chi connectivity index (χ3n) is 1.90. The average molecular weight is 187 g/mol. The highest BCUT2D eigenvalue weighted by Gasteiger charge is 2.00. The Kier molecular flexibility index (Phi) is 2.02. The Morgan fingerprint density at radius 1 is 1.29 bits per heavy atom. The molecule has 4 heteroatoms. The summed E-state index contributed by atoms with van der Waals surface area (Å²) in [4.78, 5) is 14.9. The van der Waals surface area contributed by atoms with E-state index >= 15 is 0 Å². The Morgan fingerprint density at radius 2 is 2.00 bits per heavy atom. The molecule has 2 N–H and O–H groups in total. The van der Waals surface area contributed by atoms with Gasteiger partial charge in [0.05, 0.1) is 5.56 Å². The number of carbonyl (C=O) groups excluding carboxylic acids is 1. The van der Waals surface area contributed by atoms with E-state index in [0.29, 0.717) is 5.56 Å². The van der Waals surface area contributed by atoms with Crippen LogP contribution < -0.4 is 5.73 Å². The summed E-state index contributed by atoms with van der Waals surface area (Å²) in [6.07, 6.45) is 5.23. The van der Waals surface area contributed by atoms with Crippen molar-refractivity contribution in [3.8, 4) is 5.82 Å². The third kappa shape index (κ3) is 1.50. The Hall–Kier alpha value is -2.10. The van der Waals surface area contributed by atoms with E-state index in [2.05, 4.69) is 4.98 Å². The van der Waals surface area contributed by atoms with Crippen LogP contribution in [0.4, 0.5) is 0 Å². The summed E-state index contributed by atoms with van der Waals surface area (Å²) in [6, 6.07) is 7.22. The Bertz CT molecular complexity index is 431. The van der Waals surface area contributed by atoms with Crippen LogP contribution in [0, 0.1) is 0 Å². The highest BCUT2D eigenvalue weighted by atomic mass is 16.1. The number of nitrogens with zero attached hydrogens (tertiary/aromatic N) is 2. The highest BCUT2D eigenvalue weighted by Crippen LogP contribution is 2.05. The van der Waals surface area contributed by atoms with Crippen LogP contribution in [0.3, 0.4) is 0 Å². The molecule has 0 bridgehead atoms. The normalized spacial score (nSPS) is 10.0. The second-order valence-electron chi connectivity index (χ2n) is 2.86. The smallest absolute Gasteiger partial charge is 0.250 e. The van der Waals surface area contributed by atoms with Crippen molar-refractivity contribution in [3.63, 3.8) is 0 Å². The molecule has 0 aliphatic heterocycles. The molecule has 14 heavy (non-hydrogen) atoms. The summed E-state index contributed by atoms with van der Waals surface area (Å²) < 4.78 is 1.85. The molecule has 2 rings (SSSR count). The topological polar surface area (TPSA) is 60.9 Å². The van der Waals surface area contributed by atoms with Gasteiger partial charge in [-0.25, -0.2) is 4.98 Å². The number of rotatable bonds is 2. The number of amides is 1. The van der Waals surface area contributed by atoms with Gasteiger partial charge in [0.15, 0.2) is 0 Å². The first kappa shape index (κ1) is 8.50. The van der Waals surface area contributed by atoms with Gasteiger partial charge in [-0.2, -0.15) is 0 Å². The van der Waals surface area contributed by atoms with Gasteiger partial charge in [0.2, 0.25) is 5.91 Å². The molecule has 1 amide bonds. The van der Waals surface area contributed by atoms with Crippen molar-refractivity contribution >= 4 is 5.91 Å². The SMILES string of the molecule is NC(=O)c1ccc(-n2cccc2)nc1. The number of primary amides is 1. The van der Waals surface area contributed by atoms with Gasteiger partial charge in [-0.05, 0) is 24.3 Å². The molecule has 0 saturated carbocycles. The minimum atomic E-state index is -0.462. The van der Waals surface area contributed by atoms with Gasteiger partial charge in [0, 0.05) is 18.6 Å². The standard InChI is InChI=1S/C10H9N3O/c11-10(14)8-3-4-9(12-7-8)13-5-1-2-6-13/h1-7H,(H2,11,14). The van der Waals surface area contributed by atoms with Crippen LogP contribution >= 0.6 is 0 Å². The summed E-state index contributed by atoms with van der Waals surface area (Å²) in [5, 5.41) is 0. The maximum atomic E-state index is 10.8. The molecular formula is C10H9N3O. The fourth-order valence-electron chi connectivity index (χ4n) is 1.17. The number of carbonyl (C=O) groups is 1. The van der Waals surface area contributed by atoms with E-state index < -0.39 is 5.91 Å². The van der Waals surface area contributed by atoms with Crippen molar-refractivity contribution < 1.29 is 4.79 Å². The zero-order chi connectivity index (χ0) is 9.97. The van der Waals surface area contributed by atoms with Crippen LogP contribution in [0.25, 0.3) is 5.82 Å². The second-order valence-corrected chi connectivity index (χ2v) is 2.86. The van der Waals surface area contributed by atoms with Crippen molar-refractivity contribution in [2.75, 3.05) is 0 Å². The quantitative estimate of drug-likeness (QED) is 0.761. The Balaban J connectivity index is 2.36. The molecule has 0 fully saturated rings. The van der Waals surface area contributed by atoms with E-state index in [9.17, 15) is 4.79 Å². The van der Waals surface area contributed by atoms with E-state index in [1.54, 1.807) is 12.1 Å². The molecule has 0 atom stereocenters. The molecule has 2 aromatic heterocycles. The van der Waals surface area contributed by atoms with Crippen LogP contribution in [0.15, 0.2) is 42.9 Å². The summed E-state index contributed by atoms with van der Waals surface area (Å²) in [7, 11) is 0. The monoisotopic (exact) mass is 187 g/mol. The molecule has 2 aromatic rings. The second kappa shape index (κ2) is 3.33. The van der Waals surface area contributed by atoms with Gasteiger partial charge >= 0.3 is 0 Å². The Morgan fingerprint density at radius 3 is 2.50 bits per heavy atom. The zero-order valence-electron chi connectivity index (χ0n) is 7.42. The molecular weight excluding hydrogens is 178 g/mol. The molecule has 0 saturated heterocycles. The maximum absolute atomic E-state index is 10.8. The maximum Gasteiger partial charge on any atom is 0.250 e. The van der Waals surface area contributed by atoms with Gasteiger partial charge in [0.25, 0.3) is 0 Å². The zero-order valence-corrected chi connectivity index (χ0v) is 7.42. The van der Waals surface area contributed by atoms with E-state index in [-0.39, 0.29) is 0 Å². The minimum Gasteiger partial charge on any atom is -0.366 e. The van der Waals surface area contributed by atoms with Crippen LogP contribution in [0.2, 0.25) is 0 Å². The van der Waals surface area contributed by atoms with Crippen LogP contribution in [0.5, 0.6) is 0 Å². The number of aromatic nitrogens is 2. The number of pyridine rings is 1. The molecule has 0 aliphatic carbocycles. The van der Waals surface area contributed by atoms with E-state index in [4.69, 9.17) is 5.73 Å². The fraction of sp³-hybridized carbons (Fsp3) is 0. The lowest BCUT2D eigenvalue weighted by Crippen LogP contribution is -2.11. The average Bonchev–Trinajstić information content (AvgIpc) is 2.71. The van der Waals surface area contributed by atoms with Crippen LogP contribution in [0.1, 0.15) is 10.4 Å². The summed E-state index contributed by atoms with van der Waals surface area (Å²) in [5.74, 6) is 0.302. The summed E-state index contributed by atoms with van der Waals surface area (Å²) in [6.45, 7) is 0. The first-order chi connectivity index (χ1) is 6.77. The lowest BCUT2D eigenvalue weighted by atomic mass is 10.3. The van der Waals surface area contributed by atoms with E-state index in [1.807, 2.05) is 29.1 Å². The summed E-state index contributed by atoms with van der Waals surface area (Å²) in [5.41, 5.74) is 5.51. The van der Waals surface area contributed by atoms with Gasteiger partial charge in [-0.3, -0.25) is 4.79 Å². The predicted molar refractivity (Wildman–Crippen MR) is 52.1 cm³/mol. The largest absolute Gasteiger partial charge is 0.366 e. The molecule has 2 heterocycles. The number of hydrogen-bond donors (Lipinski definition) is 1. The van der Waals surface area contributed by atoms with Crippen molar-refractivity contribution in [1.82, 2.24) is 9.55 Å². The Labute approximate surface area is 81.0 Å². The van der Waals surface area contributed by atoms with E-state index in [0.717, 1.165) is 5.82 Å². The predicted octanol–water partition coefficient (Wildman–Crippen LogP) is 0.971. The van der Waals surface area contributed by atoms with Crippen molar-refractivity contribution in [1.29, 1.82) is 0 Å². The number of hydrogen-bond acceptors (Lipinski definition) is 2. The molecule has 0 unspecified atom stereocenters. The van der Waals surface area contributed by atoms with Gasteiger partial charge in [-0.1, -0.05) is 0 Å². The summed E-state index contributed by atoms with van der Waals surface area (Å²) >= 11 is 0. The third-order valence-corrected chi connectivity index (χ3v) is 1.90. The molecule has 4 nitrogen and oxygen atoms in total. The minimum absolute atomic E-state index is 0.418. The lowest BCUT2D eigenvalue weighted by molar-refractivity contribution is 0.1000. The molecule has 0 spiro atoms. The van der Waals surface area contributed by atoms with E-state index in [1.165, 1.54) is 6.20 Å². The van der Waals surface area contributed by atoms with Gasteiger partial charge in [0.1, 0.15) is 5.82 Å². The van der Waals surface area contributed by atoms with Crippen molar-refractivity contribution in [2.45, 2.75) is 0 Å². The number of nitrogens with two attached hydrogens (primary N) is 1. The first-order valence-corrected chi connectivity index (χ1v) is 4.16. The molecule has 0 aromatic carbocycles. The van der Waals surface area contributed by atoms with Crippen LogP contribution in [-0.4, -0.2) is 15.5 Å². The lowest BCUT2D eigenvalue weighted by Gasteiger charge is -2.01. The molecule has 0 aliphatic rings. The van der Waals surface area contributed by atoms with Gasteiger partial charge in [-0.15, -0.1) is 0 Å².